The number of fused-ring (bicyclic) bond motifs is 1. The van der Waals surface area contributed by atoms with Gasteiger partial charge in [-0.15, -0.1) is 0 Å². The maximum atomic E-state index is 12.1. The predicted molar refractivity (Wildman–Crippen MR) is 173 cm³/mol. The molecule has 0 aliphatic rings. The van der Waals surface area contributed by atoms with Gasteiger partial charge in [0.1, 0.15) is 15.5 Å². The van der Waals surface area contributed by atoms with Gasteiger partial charge in [-0.1, -0.05) is 18.2 Å². The quantitative estimate of drug-likeness (QED) is 0.0859. The number of nitrogens with one attached hydrogen (secondary N) is 2. The molecule has 5 rings (SSSR count). The highest BCUT2D eigenvalue weighted by Crippen LogP contribution is 2.37. The van der Waals surface area contributed by atoms with Crippen LogP contribution in [0, 0.1) is 6.92 Å². The van der Waals surface area contributed by atoms with Crippen molar-refractivity contribution in [2.24, 2.45) is 10.2 Å². The van der Waals surface area contributed by atoms with Crippen LogP contribution in [-0.4, -0.2) is 61.0 Å². The number of ether oxygens (including phenoxy) is 1. The van der Waals surface area contributed by atoms with Gasteiger partial charge in [0.05, 0.1) is 29.1 Å². The monoisotopic (exact) mass is 735 g/mol. The molecular weight excluding hydrogens is 714 g/mol. The fourth-order valence-corrected chi connectivity index (χ4v) is 6.52. The van der Waals surface area contributed by atoms with Gasteiger partial charge in [0, 0.05) is 22.5 Å². The molecule has 5 aromatic rings. The van der Waals surface area contributed by atoms with Crippen LogP contribution in [0.25, 0.3) is 10.8 Å². The summed E-state index contributed by atoms with van der Waals surface area (Å²) in [7, 11) is -12.7. The van der Waals surface area contributed by atoms with Crippen molar-refractivity contribution in [3.8, 4) is 5.75 Å². The molecular formula is C27H22ClN7O10S3. The van der Waals surface area contributed by atoms with Crippen molar-refractivity contribution in [2.45, 2.75) is 21.6 Å². The van der Waals surface area contributed by atoms with Crippen LogP contribution in [0.3, 0.4) is 0 Å². The Hall–Kier alpha value is -4.83. The molecule has 4 aromatic carbocycles. The molecule has 0 saturated heterocycles. The normalized spacial score (nSPS) is 12.4. The minimum Gasteiger partial charge on any atom is -0.494 e. The van der Waals surface area contributed by atoms with Gasteiger partial charge in [0.15, 0.2) is 0 Å². The number of anilines is 4. The van der Waals surface area contributed by atoms with Gasteiger partial charge in [-0.3, -0.25) is 13.7 Å². The molecule has 0 amide bonds. The van der Waals surface area contributed by atoms with Crippen LogP contribution in [0.1, 0.15) is 5.56 Å². The standard InChI is InChI=1S/C27H22ClN7O10S3/c1-14-9-21(30-27-32-25(28)31-26(33-27)29-15-5-3-6-17(10-15)46(36,37)38)22(45-2)13-20(14)35-34-16-11-19-18(24(12-16)48(42,43)44)7-4-8-23(19)47(39,40)41/h3-13H,1-2H3,(H,36,37,38)(H,39,40,41)(H,42,43,44)(H2,29,30,31,32,33). The van der Waals surface area contributed by atoms with Crippen LogP contribution in [0.4, 0.5) is 34.6 Å². The molecule has 0 spiro atoms. The van der Waals surface area contributed by atoms with E-state index in [9.17, 15) is 38.9 Å². The Bertz CT molecular complexity index is 2460. The van der Waals surface area contributed by atoms with Gasteiger partial charge in [-0.05, 0) is 66.6 Å². The first-order chi connectivity index (χ1) is 22.4. The SMILES string of the molecule is COc1cc(N=Nc2cc(S(=O)(=O)O)c3cccc(S(=O)(=O)O)c3c2)c(C)cc1Nc1nc(Cl)nc(Nc2cccc(S(=O)(=O)O)c2)n1. The third-order valence-corrected chi connectivity index (χ3v) is 9.32. The minimum atomic E-state index is -4.85. The number of hydrogen-bond donors (Lipinski definition) is 5. The fourth-order valence-electron chi connectivity index (χ4n) is 4.41. The topological polar surface area (TPSA) is 260 Å². The van der Waals surface area contributed by atoms with E-state index in [0.717, 1.165) is 18.2 Å². The van der Waals surface area contributed by atoms with Crippen LogP contribution < -0.4 is 15.4 Å². The van der Waals surface area contributed by atoms with Gasteiger partial charge in [-0.25, -0.2) is 0 Å². The van der Waals surface area contributed by atoms with Crippen molar-refractivity contribution in [1.29, 1.82) is 0 Å². The highest BCUT2D eigenvalue weighted by Gasteiger charge is 2.21. The van der Waals surface area contributed by atoms with Crippen molar-refractivity contribution in [3.05, 3.63) is 77.6 Å². The number of methoxy groups -OCH3 is 1. The molecule has 0 fully saturated rings. The average Bonchev–Trinajstić information content (AvgIpc) is 2.98. The summed E-state index contributed by atoms with van der Waals surface area (Å²) in [6.07, 6.45) is 0. The first kappa shape index (κ1) is 34.5. The third-order valence-electron chi connectivity index (χ3n) is 6.49. The van der Waals surface area contributed by atoms with Crippen LogP contribution in [0.15, 0.2) is 91.6 Å². The van der Waals surface area contributed by atoms with Crippen molar-refractivity contribution < 1.29 is 43.6 Å². The van der Waals surface area contributed by atoms with E-state index in [-0.39, 0.29) is 55.7 Å². The van der Waals surface area contributed by atoms with E-state index in [1.54, 1.807) is 13.0 Å². The van der Waals surface area contributed by atoms with E-state index in [1.165, 1.54) is 49.6 Å². The van der Waals surface area contributed by atoms with Crippen molar-refractivity contribution >= 4 is 87.4 Å². The van der Waals surface area contributed by atoms with E-state index in [1.807, 2.05) is 0 Å². The summed E-state index contributed by atoms with van der Waals surface area (Å²) in [6, 6.07) is 14.0. The second-order valence-corrected chi connectivity index (χ2v) is 14.3. The summed E-state index contributed by atoms with van der Waals surface area (Å²) in [5.41, 5.74) is 1.16. The van der Waals surface area contributed by atoms with Crippen molar-refractivity contribution in [2.75, 3.05) is 17.7 Å². The summed E-state index contributed by atoms with van der Waals surface area (Å²) in [5, 5.41) is 13.3. The highest BCUT2D eigenvalue weighted by atomic mass is 35.5. The lowest BCUT2D eigenvalue weighted by atomic mass is 10.1. The summed E-state index contributed by atoms with van der Waals surface area (Å²) >= 11 is 6.09. The number of aryl methyl sites for hydroxylation is 1. The van der Waals surface area contributed by atoms with Crippen LogP contribution in [0.5, 0.6) is 5.75 Å². The molecule has 0 radical (unpaired) electrons. The van der Waals surface area contributed by atoms with Crippen molar-refractivity contribution in [1.82, 2.24) is 15.0 Å². The number of halogens is 1. The first-order valence-electron chi connectivity index (χ1n) is 13.1. The molecule has 250 valence electrons. The average molecular weight is 736 g/mol. The molecule has 0 unspecified atom stereocenters. The van der Waals surface area contributed by atoms with E-state index < -0.39 is 40.1 Å². The van der Waals surface area contributed by atoms with Crippen LogP contribution in [-0.2, 0) is 30.4 Å². The first-order valence-corrected chi connectivity index (χ1v) is 17.8. The Morgan fingerprint density at radius 3 is 2.04 bits per heavy atom. The number of benzene rings is 4. The molecule has 0 saturated carbocycles. The Kier molecular flexibility index (Phi) is 9.34. The molecule has 1 heterocycles. The molecule has 48 heavy (non-hydrogen) atoms. The lowest BCUT2D eigenvalue weighted by molar-refractivity contribution is 0.417. The summed E-state index contributed by atoms with van der Waals surface area (Å²) in [5.74, 6) is 0.106. The van der Waals surface area contributed by atoms with E-state index >= 15 is 0 Å². The number of nitrogens with zero attached hydrogens (tertiary/aromatic N) is 5. The van der Waals surface area contributed by atoms with E-state index in [0.29, 0.717) is 11.3 Å². The Labute approximate surface area is 278 Å². The highest BCUT2D eigenvalue weighted by molar-refractivity contribution is 7.86. The number of aromatic nitrogens is 3. The van der Waals surface area contributed by atoms with Gasteiger partial charge in [0.2, 0.25) is 17.2 Å². The minimum absolute atomic E-state index is 0.0425. The summed E-state index contributed by atoms with van der Waals surface area (Å²) < 4.78 is 105. The zero-order valence-corrected chi connectivity index (χ0v) is 27.6. The maximum absolute atomic E-state index is 12.1. The van der Waals surface area contributed by atoms with Crippen LogP contribution in [0.2, 0.25) is 5.28 Å². The zero-order chi connectivity index (χ0) is 35.0. The predicted octanol–water partition coefficient (Wildman–Crippen LogP) is 5.64. The summed E-state index contributed by atoms with van der Waals surface area (Å²) in [6.45, 7) is 1.66. The van der Waals surface area contributed by atoms with E-state index in [2.05, 4.69) is 35.8 Å². The second kappa shape index (κ2) is 13.0. The molecule has 0 aliphatic heterocycles. The van der Waals surface area contributed by atoms with Crippen LogP contribution >= 0.6 is 11.6 Å². The number of rotatable bonds is 10. The van der Waals surface area contributed by atoms with Gasteiger partial charge in [0.25, 0.3) is 30.4 Å². The molecule has 0 aliphatic carbocycles. The molecule has 5 N–H and O–H groups in total. The number of hydrogen-bond acceptors (Lipinski definition) is 14. The Balaban J connectivity index is 1.47. The largest absolute Gasteiger partial charge is 0.494 e. The summed E-state index contributed by atoms with van der Waals surface area (Å²) in [4.78, 5) is 10.6. The molecule has 21 heteroatoms. The zero-order valence-electron chi connectivity index (χ0n) is 24.4. The van der Waals surface area contributed by atoms with E-state index in [4.69, 9.17) is 16.3 Å². The van der Waals surface area contributed by atoms with Gasteiger partial charge >= 0.3 is 0 Å². The second-order valence-electron chi connectivity index (χ2n) is 9.79. The molecule has 0 bridgehead atoms. The van der Waals surface area contributed by atoms with Crippen molar-refractivity contribution in [3.63, 3.8) is 0 Å². The lowest BCUT2D eigenvalue weighted by Crippen LogP contribution is -2.05. The lowest BCUT2D eigenvalue weighted by Gasteiger charge is -2.13. The molecule has 1 aromatic heterocycles. The maximum Gasteiger partial charge on any atom is 0.295 e. The van der Waals surface area contributed by atoms with Gasteiger partial charge < -0.3 is 15.4 Å². The molecule has 0 atom stereocenters. The number of azo groups is 1. The smallest absolute Gasteiger partial charge is 0.295 e. The fraction of sp³-hybridized carbons (Fsp3) is 0.0741. The van der Waals surface area contributed by atoms with Gasteiger partial charge in [-0.2, -0.15) is 50.4 Å². The Morgan fingerprint density at radius 2 is 1.40 bits per heavy atom. The molecule has 17 nitrogen and oxygen atoms in total. The Morgan fingerprint density at radius 1 is 0.729 bits per heavy atom. The third kappa shape index (κ3) is 7.82.